The first-order valence-corrected chi connectivity index (χ1v) is 6.40. The molecule has 6 heteroatoms. The average molecular weight is 314 g/mol. The Bertz CT molecular complexity index is 485. The highest BCUT2D eigenvalue weighted by molar-refractivity contribution is 9.09. The Hall–Kier alpha value is -1.69. The van der Waals surface area contributed by atoms with E-state index in [1.165, 1.54) is 18.2 Å². The van der Waals surface area contributed by atoms with Crippen molar-refractivity contribution in [1.29, 1.82) is 0 Å². The van der Waals surface area contributed by atoms with Crippen LogP contribution in [0.25, 0.3) is 6.08 Å². The lowest BCUT2D eigenvalue weighted by atomic mass is 10.1. The SMILES string of the molecule is CCOC(=O)c1ccc(C=CCBr)c([N+](=O)[O-])c1. The van der Waals surface area contributed by atoms with Crippen LogP contribution in [0.3, 0.4) is 0 Å². The summed E-state index contributed by atoms with van der Waals surface area (Å²) >= 11 is 3.20. The van der Waals surface area contributed by atoms with Crippen LogP contribution in [0, 0.1) is 10.1 Å². The number of hydrogen-bond donors (Lipinski definition) is 0. The summed E-state index contributed by atoms with van der Waals surface area (Å²) in [5.41, 5.74) is 0.518. The molecular weight excluding hydrogens is 302 g/mol. The number of alkyl halides is 1. The third-order valence-corrected chi connectivity index (χ3v) is 2.50. The molecule has 0 fully saturated rings. The van der Waals surface area contributed by atoms with Crippen LogP contribution in [0.5, 0.6) is 0 Å². The summed E-state index contributed by atoms with van der Waals surface area (Å²) in [4.78, 5) is 21.9. The molecule has 5 nitrogen and oxygen atoms in total. The van der Waals surface area contributed by atoms with E-state index in [0.717, 1.165) is 0 Å². The van der Waals surface area contributed by atoms with Crippen molar-refractivity contribution in [3.05, 3.63) is 45.5 Å². The summed E-state index contributed by atoms with van der Waals surface area (Å²) in [6.07, 6.45) is 3.37. The first-order chi connectivity index (χ1) is 8.60. The molecule has 0 aliphatic heterocycles. The van der Waals surface area contributed by atoms with Crippen molar-refractivity contribution in [2.45, 2.75) is 6.92 Å². The van der Waals surface area contributed by atoms with Gasteiger partial charge in [-0.05, 0) is 19.1 Å². The van der Waals surface area contributed by atoms with Crippen LogP contribution in [-0.4, -0.2) is 22.8 Å². The molecule has 0 amide bonds. The summed E-state index contributed by atoms with van der Waals surface area (Å²) in [6.45, 7) is 1.91. The van der Waals surface area contributed by atoms with Crippen molar-refractivity contribution in [2.24, 2.45) is 0 Å². The molecule has 0 radical (unpaired) electrons. The fraction of sp³-hybridized carbons (Fsp3) is 0.250. The van der Waals surface area contributed by atoms with Gasteiger partial charge in [-0.2, -0.15) is 0 Å². The van der Waals surface area contributed by atoms with Gasteiger partial charge in [0.2, 0.25) is 0 Å². The van der Waals surface area contributed by atoms with Crippen LogP contribution in [0.15, 0.2) is 24.3 Å². The number of hydrogen-bond acceptors (Lipinski definition) is 4. The number of esters is 1. The van der Waals surface area contributed by atoms with Crippen molar-refractivity contribution in [1.82, 2.24) is 0 Å². The number of allylic oxidation sites excluding steroid dienone is 1. The lowest BCUT2D eigenvalue weighted by Crippen LogP contribution is -2.05. The summed E-state index contributed by atoms with van der Waals surface area (Å²) in [7, 11) is 0. The van der Waals surface area contributed by atoms with Crippen molar-refractivity contribution in [3.63, 3.8) is 0 Å². The van der Waals surface area contributed by atoms with Crippen molar-refractivity contribution in [3.8, 4) is 0 Å². The Morgan fingerprint density at radius 1 is 1.56 bits per heavy atom. The molecular formula is C12H12BrNO4. The highest BCUT2D eigenvalue weighted by Gasteiger charge is 2.16. The predicted molar refractivity (Wildman–Crippen MR) is 71.9 cm³/mol. The zero-order chi connectivity index (χ0) is 13.5. The third kappa shape index (κ3) is 3.66. The highest BCUT2D eigenvalue weighted by atomic mass is 79.9. The zero-order valence-corrected chi connectivity index (χ0v) is 11.3. The largest absolute Gasteiger partial charge is 0.462 e. The molecule has 0 saturated heterocycles. The molecule has 0 unspecified atom stereocenters. The van der Waals surface area contributed by atoms with Gasteiger partial charge in [-0.3, -0.25) is 10.1 Å². The lowest BCUT2D eigenvalue weighted by molar-refractivity contribution is -0.385. The molecule has 0 bridgehead atoms. The minimum absolute atomic E-state index is 0.113. The molecule has 0 aromatic heterocycles. The average Bonchev–Trinajstić information content (AvgIpc) is 2.36. The van der Waals surface area contributed by atoms with Gasteiger partial charge < -0.3 is 4.74 Å². The number of benzene rings is 1. The molecule has 0 atom stereocenters. The first kappa shape index (κ1) is 14.4. The van der Waals surface area contributed by atoms with Crippen LogP contribution in [-0.2, 0) is 4.74 Å². The quantitative estimate of drug-likeness (QED) is 0.362. The number of nitro benzene ring substituents is 1. The van der Waals surface area contributed by atoms with Gasteiger partial charge in [-0.25, -0.2) is 4.79 Å². The monoisotopic (exact) mass is 313 g/mol. The van der Waals surface area contributed by atoms with Gasteiger partial charge in [0.1, 0.15) is 0 Å². The number of nitro groups is 1. The molecule has 0 spiro atoms. The van der Waals surface area contributed by atoms with Crippen LogP contribution >= 0.6 is 15.9 Å². The van der Waals surface area contributed by atoms with E-state index in [1.807, 2.05) is 0 Å². The standard InChI is InChI=1S/C12H12BrNO4/c1-2-18-12(15)10-6-5-9(4-3-7-13)11(8-10)14(16)17/h3-6,8H,2,7H2,1H3. The maximum absolute atomic E-state index is 11.5. The number of rotatable bonds is 5. The van der Waals surface area contributed by atoms with E-state index >= 15 is 0 Å². The van der Waals surface area contributed by atoms with Gasteiger partial charge in [0.05, 0.1) is 22.7 Å². The first-order valence-electron chi connectivity index (χ1n) is 5.28. The van der Waals surface area contributed by atoms with E-state index in [-0.39, 0.29) is 17.9 Å². The molecule has 1 aromatic rings. The maximum Gasteiger partial charge on any atom is 0.338 e. The Labute approximate surface area is 113 Å². The summed E-state index contributed by atoms with van der Waals surface area (Å²) < 4.78 is 4.80. The Balaban J connectivity index is 3.14. The Morgan fingerprint density at radius 3 is 2.83 bits per heavy atom. The van der Waals surface area contributed by atoms with E-state index in [9.17, 15) is 14.9 Å². The topological polar surface area (TPSA) is 69.4 Å². The number of nitrogens with zero attached hydrogens (tertiary/aromatic N) is 1. The van der Waals surface area contributed by atoms with Gasteiger partial charge in [-0.1, -0.05) is 28.1 Å². The van der Waals surface area contributed by atoms with Gasteiger partial charge >= 0.3 is 5.97 Å². The van der Waals surface area contributed by atoms with Crippen LogP contribution < -0.4 is 0 Å². The molecule has 1 aromatic carbocycles. The van der Waals surface area contributed by atoms with E-state index < -0.39 is 10.9 Å². The van der Waals surface area contributed by atoms with Gasteiger partial charge in [-0.15, -0.1) is 0 Å². The van der Waals surface area contributed by atoms with E-state index in [1.54, 1.807) is 19.1 Å². The summed E-state index contributed by atoms with van der Waals surface area (Å²) in [5, 5.41) is 11.5. The molecule has 18 heavy (non-hydrogen) atoms. The number of carbonyl (C=O) groups is 1. The van der Waals surface area contributed by atoms with Gasteiger partial charge in [0, 0.05) is 11.4 Å². The second-order valence-electron chi connectivity index (χ2n) is 3.31. The Kier molecular flexibility index (Phi) is 5.51. The maximum atomic E-state index is 11.5. The van der Waals surface area contributed by atoms with Crippen molar-refractivity contribution in [2.75, 3.05) is 11.9 Å². The van der Waals surface area contributed by atoms with Gasteiger partial charge in [0.25, 0.3) is 5.69 Å². The second-order valence-corrected chi connectivity index (χ2v) is 3.96. The number of ether oxygens (including phenoxy) is 1. The van der Waals surface area contributed by atoms with Crippen LogP contribution in [0.2, 0.25) is 0 Å². The molecule has 0 heterocycles. The zero-order valence-electron chi connectivity index (χ0n) is 9.76. The number of carbonyl (C=O) groups excluding carboxylic acids is 1. The Morgan fingerprint density at radius 2 is 2.28 bits per heavy atom. The second kappa shape index (κ2) is 6.90. The lowest BCUT2D eigenvalue weighted by Gasteiger charge is -2.03. The summed E-state index contributed by atoms with van der Waals surface area (Å²) in [5.74, 6) is -0.559. The number of halogens is 1. The van der Waals surface area contributed by atoms with Crippen molar-refractivity contribution < 1.29 is 14.5 Å². The van der Waals surface area contributed by atoms with Crippen LogP contribution in [0.4, 0.5) is 5.69 Å². The normalized spacial score (nSPS) is 10.6. The molecule has 0 aliphatic carbocycles. The van der Waals surface area contributed by atoms with Crippen LogP contribution in [0.1, 0.15) is 22.8 Å². The third-order valence-electron chi connectivity index (χ3n) is 2.12. The minimum atomic E-state index is -0.559. The fourth-order valence-electron chi connectivity index (χ4n) is 1.36. The molecule has 1 rings (SSSR count). The molecule has 0 N–H and O–H groups in total. The van der Waals surface area contributed by atoms with E-state index in [0.29, 0.717) is 10.9 Å². The minimum Gasteiger partial charge on any atom is -0.462 e. The molecule has 96 valence electrons. The van der Waals surface area contributed by atoms with E-state index in [4.69, 9.17) is 4.74 Å². The van der Waals surface area contributed by atoms with E-state index in [2.05, 4.69) is 15.9 Å². The molecule has 0 saturated carbocycles. The predicted octanol–water partition coefficient (Wildman–Crippen LogP) is 3.18. The summed E-state index contributed by atoms with van der Waals surface area (Å²) in [6, 6.07) is 4.27. The molecule has 0 aliphatic rings. The fourth-order valence-corrected chi connectivity index (χ4v) is 1.54. The highest BCUT2D eigenvalue weighted by Crippen LogP contribution is 2.22. The van der Waals surface area contributed by atoms with Crippen molar-refractivity contribution >= 4 is 33.7 Å². The van der Waals surface area contributed by atoms with Gasteiger partial charge in [0.15, 0.2) is 0 Å². The smallest absolute Gasteiger partial charge is 0.338 e.